The molecule has 2 N–H and O–H groups in total. The molecule has 6 heteroatoms. The van der Waals surface area contributed by atoms with Gasteiger partial charge in [-0.3, -0.25) is 4.79 Å². The van der Waals surface area contributed by atoms with Crippen LogP contribution in [-0.2, 0) is 10.2 Å². The van der Waals surface area contributed by atoms with E-state index in [1.165, 1.54) is 6.21 Å². The van der Waals surface area contributed by atoms with Crippen LogP contribution in [0.4, 0.5) is 0 Å². The van der Waals surface area contributed by atoms with Crippen molar-refractivity contribution < 1.29 is 14.6 Å². The predicted molar refractivity (Wildman–Crippen MR) is 102 cm³/mol. The van der Waals surface area contributed by atoms with Gasteiger partial charge < -0.3 is 9.84 Å². The lowest BCUT2D eigenvalue weighted by Gasteiger charge is -2.22. The van der Waals surface area contributed by atoms with Crippen molar-refractivity contribution >= 4 is 28.1 Å². The molecule has 0 fully saturated rings. The summed E-state index contributed by atoms with van der Waals surface area (Å²) in [5.41, 5.74) is 3.83. The Hall–Kier alpha value is -2.34. The Kier molecular flexibility index (Phi) is 6.20. The maximum Gasteiger partial charge on any atom is 0.277 e. The number of para-hydroxylation sites is 1. The Bertz CT molecular complexity index is 782. The van der Waals surface area contributed by atoms with Gasteiger partial charge in [-0.05, 0) is 35.2 Å². The van der Waals surface area contributed by atoms with Gasteiger partial charge in [0, 0.05) is 10.0 Å². The Balaban J connectivity index is 1.94. The van der Waals surface area contributed by atoms with E-state index in [9.17, 15) is 9.90 Å². The molecule has 0 aliphatic heterocycles. The molecule has 0 aliphatic carbocycles. The number of carbonyl (C=O) groups is 1. The van der Waals surface area contributed by atoms with E-state index >= 15 is 0 Å². The van der Waals surface area contributed by atoms with E-state index in [1.54, 1.807) is 18.2 Å². The van der Waals surface area contributed by atoms with Crippen LogP contribution in [-0.4, -0.2) is 23.8 Å². The minimum Gasteiger partial charge on any atom is -0.507 e. The second-order valence-corrected chi connectivity index (χ2v) is 7.45. The summed E-state index contributed by atoms with van der Waals surface area (Å²) in [5, 5.41) is 13.6. The zero-order valence-electron chi connectivity index (χ0n) is 14.4. The number of halogens is 1. The molecule has 0 bridgehead atoms. The van der Waals surface area contributed by atoms with Crippen LogP contribution in [0.3, 0.4) is 0 Å². The lowest BCUT2D eigenvalue weighted by Crippen LogP contribution is -2.25. The summed E-state index contributed by atoms with van der Waals surface area (Å²) in [6.45, 7) is 6.12. The predicted octanol–water partition coefficient (Wildman–Crippen LogP) is 3.98. The van der Waals surface area contributed by atoms with Crippen molar-refractivity contribution in [2.24, 2.45) is 5.10 Å². The van der Waals surface area contributed by atoms with Gasteiger partial charge in [-0.1, -0.05) is 54.9 Å². The van der Waals surface area contributed by atoms with Crippen LogP contribution in [0.2, 0.25) is 0 Å². The van der Waals surface area contributed by atoms with Gasteiger partial charge in [0.25, 0.3) is 5.91 Å². The SMILES string of the molecule is CC(C)(C)c1ccccc1OCC(=O)N/N=C\c1cc(Br)ccc1O. The van der Waals surface area contributed by atoms with E-state index in [1.807, 2.05) is 24.3 Å². The molecule has 0 atom stereocenters. The minimum atomic E-state index is -0.380. The molecule has 0 spiro atoms. The van der Waals surface area contributed by atoms with E-state index < -0.39 is 0 Å². The Morgan fingerprint density at radius 3 is 2.72 bits per heavy atom. The van der Waals surface area contributed by atoms with E-state index in [2.05, 4.69) is 47.2 Å². The molecule has 0 aliphatic rings. The van der Waals surface area contributed by atoms with Crippen LogP contribution in [0.25, 0.3) is 0 Å². The molecule has 0 radical (unpaired) electrons. The maximum atomic E-state index is 11.9. The average Bonchev–Trinajstić information content (AvgIpc) is 2.55. The van der Waals surface area contributed by atoms with E-state index in [4.69, 9.17) is 4.74 Å². The van der Waals surface area contributed by atoms with Crippen LogP contribution in [0.15, 0.2) is 52.0 Å². The number of nitrogens with one attached hydrogen (secondary N) is 1. The monoisotopic (exact) mass is 404 g/mol. The molecule has 0 heterocycles. The summed E-state index contributed by atoms with van der Waals surface area (Å²) in [5.74, 6) is 0.379. The highest BCUT2D eigenvalue weighted by Crippen LogP contribution is 2.30. The number of nitrogens with zero attached hydrogens (tertiary/aromatic N) is 1. The third-order valence-corrected chi connectivity index (χ3v) is 3.93. The molecule has 2 aromatic rings. The first-order valence-corrected chi connectivity index (χ1v) is 8.59. The van der Waals surface area contributed by atoms with Crippen molar-refractivity contribution in [1.29, 1.82) is 0 Å². The number of hydrogen-bond donors (Lipinski definition) is 2. The van der Waals surface area contributed by atoms with Crippen molar-refractivity contribution in [3.63, 3.8) is 0 Å². The fraction of sp³-hybridized carbons (Fsp3) is 0.263. The number of aromatic hydroxyl groups is 1. The molecule has 0 unspecified atom stereocenters. The smallest absolute Gasteiger partial charge is 0.277 e. The van der Waals surface area contributed by atoms with Gasteiger partial charge in [0.05, 0.1) is 6.21 Å². The van der Waals surface area contributed by atoms with Crippen LogP contribution >= 0.6 is 15.9 Å². The topological polar surface area (TPSA) is 70.9 Å². The number of phenolic OH excluding ortho intramolecular Hbond substituents is 1. The fourth-order valence-corrected chi connectivity index (χ4v) is 2.57. The van der Waals surface area contributed by atoms with Crippen LogP contribution < -0.4 is 10.2 Å². The molecule has 132 valence electrons. The molecule has 0 aromatic heterocycles. The first kappa shape index (κ1) is 19.0. The van der Waals surface area contributed by atoms with Gasteiger partial charge in [0.15, 0.2) is 6.61 Å². The fourth-order valence-electron chi connectivity index (χ4n) is 2.19. The highest BCUT2D eigenvalue weighted by Gasteiger charge is 2.18. The van der Waals surface area contributed by atoms with Gasteiger partial charge in [0.1, 0.15) is 11.5 Å². The number of hydrogen-bond acceptors (Lipinski definition) is 4. The van der Waals surface area contributed by atoms with Gasteiger partial charge >= 0.3 is 0 Å². The van der Waals surface area contributed by atoms with E-state index in [0.717, 1.165) is 10.0 Å². The number of ether oxygens (including phenoxy) is 1. The molecule has 2 aromatic carbocycles. The molecular weight excluding hydrogens is 384 g/mol. The number of hydrazone groups is 1. The molecule has 1 amide bonds. The van der Waals surface area contributed by atoms with Crippen molar-refractivity contribution in [3.05, 3.63) is 58.1 Å². The van der Waals surface area contributed by atoms with Crippen molar-refractivity contribution in [2.45, 2.75) is 26.2 Å². The zero-order chi connectivity index (χ0) is 18.4. The van der Waals surface area contributed by atoms with Gasteiger partial charge in [0.2, 0.25) is 0 Å². The standard InChI is InChI=1S/C19H21BrN2O3/c1-19(2,3)15-6-4-5-7-17(15)25-12-18(24)22-21-11-13-10-14(20)8-9-16(13)23/h4-11,23H,12H2,1-3H3,(H,22,24)/b21-11-. The highest BCUT2D eigenvalue weighted by molar-refractivity contribution is 9.10. The molecule has 25 heavy (non-hydrogen) atoms. The van der Waals surface area contributed by atoms with Crippen molar-refractivity contribution in [1.82, 2.24) is 5.43 Å². The minimum absolute atomic E-state index is 0.0799. The first-order chi connectivity index (χ1) is 11.8. The zero-order valence-corrected chi connectivity index (χ0v) is 16.0. The maximum absolute atomic E-state index is 11.9. The summed E-state index contributed by atoms with van der Waals surface area (Å²) < 4.78 is 6.43. The van der Waals surface area contributed by atoms with E-state index in [0.29, 0.717) is 11.3 Å². The second-order valence-electron chi connectivity index (χ2n) is 6.53. The largest absolute Gasteiger partial charge is 0.507 e. The normalized spacial score (nSPS) is 11.5. The third-order valence-electron chi connectivity index (χ3n) is 3.44. The highest BCUT2D eigenvalue weighted by atomic mass is 79.9. The molecule has 0 saturated heterocycles. The first-order valence-electron chi connectivity index (χ1n) is 7.80. The number of benzene rings is 2. The number of rotatable bonds is 5. The summed E-state index contributed by atoms with van der Waals surface area (Å²) in [7, 11) is 0. The molecule has 5 nitrogen and oxygen atoms in total. The lowest BCUT2D eigenvalue weighted by atomic mass is 9.86. The summed E-state index contributed by atoms with van der Waals surface area (Å²) in [4.78, 5) is 11.9. The number of phenols is 1. The number of amides is 1. The van der Waals surface area contributed by atoms with Crippen LogP contribution in [0, 0.1) is 0 Å². The van der Waals surface area contributed by atoms with Crippen LogP contribution in [0.5, 0.6) is 11.5 Å². The average molecular weight is 405 g/mol. The Labute approximate surface area is 155 Å². The Morgan fingerprint density at radius 1 is 1.28 bits per heavy atom. The second kappa shape index (κ2) is 8.16. The quantitative estimate of drug-likeness (QED) is 0.584. The molecule has 2 rings (SSSR count). The van der Waals surface area contributed by atoms with Crippen molar-refractivity contribution in [2.75, 3.05) is 6.61 Å². The molecule has 0 saturated carbocycles. The van der Waals surface area contributed by atoms with Gasteiger partial charge in [-0.25, -0.2) is 5.43 Å². The van der Waals surface area contributed by atoms with Gasteiger partial charge in [-0.2, -0.15) is 5.10 Å². The summed E-state index contributed by atoms with van der Waals surface area (Å²) in [6, 6.07) is 12.6. The summed E-state index contributed by atoms with van der Waals surface area (Å²) in [6.07, 6.45) is 1.38. The Morgan fingerprint density at radius 2 is 2.00 bits per heavy atom. The number of carbonyl (C=O) groups excluding carboxylic acids is 1. The van der Waals surface area contributed by atoms with E-state index in [-0.39, 0.29) is 23.7 Å². The van der Waals surface area contributed by atoms with Gasteiger partial charge in [-0.15, -0.1) is 0 Å². The molecular formula is C19H21BrN2O3. The van der Waals surface area contributed by atoms with Crippen LogP contribution in [0.1, 0.15) is 31.9 Å². The van der Waals surface area contributed by atoms with Crippen molar-refractivity contribution in [3.8, 4) is 11.5 Å². The third kappa shape index (κ3) is 5.60. The summed E-state index contributed by atoms with van der Waals surface area (Å²) >= 11 is 3.31. The lowest BCUT2D eigenvalue weighted by molar-refractivity contribution is -0.123.